The van der Waals surface area contributed by atoms with Gasteiger partial charge in [-0.1, -0.05) is 12.1 Å². The summed E-state index contributed by atoms with van der Waals surface area (Å²) in [6.07, 6.45) is 3.77. The highest BCUT2D eigenvalue weighted by atomic mass is 19.1. The summed E-state index contributed by atoms with van der Waals surface area (Å²) < 4.78 is 18.6. The molecule has 2 saturated heterocycles. The number of hydrogen-bond acceptors (Lipinski definition) is 4. The number of rotatable bonds is 6. The lowest BCUT2D eigenvalue weighted by Gasteiger charge is -2.43. The molecule has 0 spiro atoms. The van der Waals surface area contributed by atoms with Crippen molar-refractivity contribution in [2.75, 3.05) is 40.4 Å². The molecule has 2 aliphatic heterocycles. The first-order chi connectivity index (χ1) is 12.5. The minimum Gasteiger partial charge on any atom is -0.381 e. The average Bonchev–Trinajstić information content (AvgIpc) is 3.10. The quantitative estimate of drug-likeness (QED) is 0.840. The second-order valence-corrected chi connectivity index (χ2v) is 7.70. The van der Waals surface area contributed by atoms with Crippen LogP contribution in [0.4, 0.5) is 4.39 Å². The molecule has 1 atom stereocenters. The molecule has 1 aromatic rings. The van der Waals surface area contributed by atoms with E-state index in [9.17, 15) is 9.18 Å². The van der Waals surface area contributed by atoms with E-state index in [4.69, 9.17) is 4.74 Å². The Kier molecular flexibility index (Phi) is 6.27. The zero-order chi connectivity index (χ0) is 18.6. The van der Waals surface area contributed by atoms with Crippen LogP contribution >= 0.6 is 0 Å². The van der Waals surface area contributed by atoms with Gasteiger partial charge in [0.15, 0.2) is 0 Å². The number of likely N-dealkylation sites (N-methyl/N-ethyl adjacent to an activating group) is 1. The number of carbonyl (C=O) groups is 1. The lowest BCUT2D eigenvalue weighted by atomic mass is 9.88. The van der Waals surface area contributed by atoms with Gasteiger partial charge in [-0.05, 0) is 64.0 Å². The minimum absolute atomic E-state index is 0.0195. The summed E-state index contributed by atoms with van der Waals surface area (Å²) in [5.74, 6) is -0.118. The van der Waals surface area contributed by atoms with Crippen LogP contribution in [0, 0.1) is 5.82 Å². The first-order valence-electron chi connectivity index (χ1n) is 9.52. The predicted octanol–water partition coefficient (Wildman–Crippen LogP) is 2.02. The Morgan fingerprint density at radius 1 is 1.31 bits per heavy atom. The Morgan fingerprint density at radius 3 is 2.65 bits per heavy atom. The lowest BCUT2D eigenvalue weighted by molar-refractivity contribution is -0.126. The second kappa shape index (κ2) is 8.46. The molecule has 144 valence electrons. The van der Waals surface area contributed by atoms with Crippen LogP contribution < -0.4 is 5.32 Å². The molecular formula is C20H30FN3O2. The standard InChI is InChI=1S/C20H30FN3O2/c1-23(2)20(9-12-26-13-10-20)15-22-19(25)18-4-3-11-24(18)14-16-5-7-17(21)8-6-16/h5-8,18H,3-4,9-15H2,1-2H3,(H,22,25)/t18-/m0/s1. The molecule has 1 amide bonds. The zero-order valence-electron chi connectivity index (χ0n) is 15.8. The van der Waals surface area contributed by atoms with E-state index >= 15 is 0 Å². The van der Waals surface area contributed by atoms with Crippen molar-refractivity contribution in [3.63, 3.8) is 0 Å². The molecule has 0 aliphatic carbocycles. The summed E-state index contributed by atoms with van der Waals surface area (Å²) in [6, 6.07) is 6.45. The maximum Gasteiger partial charge on any atom is 0.237 e. The Morgan fingerprint density at radius 2 is 2.00 bits per heavy atom. The van der Waals surface area contributed by atoms with Gasteiger partial charge in [-0.15, -0.1) is 0 Å². The van der Waals surface area contributed by atoms with Gasteiger partial charge in [-0.3, -0.25) is 9.69 Å². The van der Waals surface area contributed by atoms with Crippen LogP contribution in [-0.4, -0.2) is 67.7 Å². The van der Waals surface area contributed by atoms with Crippen LogP contribution in [0.2, 0.25) is 0 Å². The molecule has 2 fully saturated rings. The zero-order valence-corrected chi connectivity index (χ0v) is 15.8. The van der Waals surface area contributed by atoms with Gasteiger partial charge in [0.2, 0.25) is 5.91 Å². The van der Waals surface area contributed by atoms with E-state index in [0.717, 1.165) is 51.0 Å². The summed E-state index contributed by atoms with van der Waals surface area (Å²) in [7, 11) is 4.15. The summed E-state index contributed by atoms with van der Waals surface area (Å²) in [6.45, 7) is 3.73. The van der Waals surface area contributed by atoms with E-state index in [1.165, 1.54) is 12.1 Å². The number of halogens is 1. The maximum atomic E-state index is 13.1. The van der Waals surface area contributed by atoms with E-state index in [-0.39, 0.29) is 23.3 Å². The molecule has 5 nitrogen and oxygen atoms in total. The number of ether oxygens (including phenoxy) is 1. The number of carbonyl (C=O) groups excluding carboxylic acids is 1. The highest BCUT2D eigenvalue weighted by Crippen LogP contribution is 2.26. The third-order valence-electron chi connectivity index (χ3n) is 5.93. The SMILES string of the molecule is CN(C)C1(CNC(=O)[C@@H]2CCCN2Cc2ccc(F)cc2)CCOCC1. The fraction of sp³-hybridized carbons (Fsp3) is 0.650. The Hall–Kier alpha value is -1.50. The predicted molar refractivity (Wildman–Crippen MR) is 99.3 cm³/mol. The number of amides is 1. The van der Waals surface area contributed by atoms with Gasteiger partial charge in [0, 0.05) is 31.8 Å². The minimum atomic E-state index is -0.227. The largest absolute Gasteiger partial charge is 0.381 e. The summed E-state index contributed by atoms with van der Waals surface area (Å²) in [5, 5.41) is 3.20. The fourth-order valence-corrected chi connectivity index (χ4v) is 4.04. The first-order valence-corrected chi connectivity index (χ1v) is 9.52. The number of nitrogens with one attached hydrogen (secondary N) is 1. The third kappa shape index (κ3) is 4.42. The van der Waals surface area contributed by atoms with Crippen LogP contribution in [-0.2, 0) is 16.1 Å². The van der Waals surface area contributed by atoms with Crippen molar-refractivity contribution in [2.24, 2.45) is 0 Å². The van der Waals surface area contributed by atoms with E-state index in [0.29, 0.717) is 13.1 Å². The Balaban J connectivity index is 1.58. The smallest absolute Gasteiger partial charge is 0.237 e. The average molecular weight is 363 g/mol. The molecule has 2 heterocycles. The van der Waals surface area contributed by atoms with Gasteiger partial charge in [0.05, 0.1) is 6.04 Å². The van der Waals surface area contributed by atoms with Gasteiger partial charge in [-0.2, -0.15) is 0 Å². The van der Waals surface area contributed by atoms with Crippen LogP contribution in [0.3, 0.4) is 0 Å². The molecule has 0 aromatic heterocycles. The van der Waals surface area contributed by atoms with Gasteiger partial charge in [0.25, 0.3) is 0 Å². The molecule has 26 heavy (non-hydrogen) atoms. The number of nitrogens with zero attached hydrogens (tertiary/aromatic N) is 2. The van der Waals surface area contributed by atoms with Crippen molar-refractivity contribution in [3.8, 4) is 0 Å². The lowest BCUT2D eigenvalue weighted by Crippen LogP contribution is -2.57. The topological polar surface area (TPSA) is 44.8 Å². The summed E-state index contributed by atoms with van der Waals surface area (Å²) in [4.78, 5) is 17.3. The molecule has 3 rings (SSSR count). The molecule has 2 aliphatic rings. The van der Waals surface area contributed by atoms with Gasteiger partial charge < -0.3 is 15.0 Å². The Bertz CT molecular complexity index is 600. The highest BCUT2D eigenvalue weighted by molar-refractivity contribution is 5.82. The van der Waals surface area contributed by atoms with Gasteiger partial charge >= 0.3 is 0 Å². The highest BCUT2D eigenvalue weighted by Gasteiger charge is 2.37. The molecule has 0 unspecified atom stereocenters. The van der Waals surface area contributed by atoms with Crippen molar-refractivity contribution >= 4 is 5.91 Å². The van der Waals surface area contributed by atoms with E-state index < -0.39 is 0 Å². The number of hydrogen-bond donors (Lipinski definition) is 1. The Labute approximate surface area is 155 Å². The van der Waals surface area contributed by atoms with Crippen LogP contribution in [0.1, 0.15) is 31.2 Å². The normalized spacial score (nSPS) is 23.3. The molecule has 0 bridgehead atoms. The molecule has 0 radical (unpaired) electrons. The van der Waals surface area contributed by atoms with Gasteiger partial charge in [0.1, 0.15) is 5.82 Å². The molecule has 1 N–H and O–H groups in total. The second-order valence-electron chi connectivity index (χ2n) is 7.70. The van der Waals surface area contributed by atoms with E-state index in [2.05, 4.69) is 29.2 Å². The number of benzene rings is 1. The first kappa shape index (κ1) is 19.3. The van der Waals surface area contributed by atoms with E-state index in [1.807, 2.05) is 0 Å². The van der Waals surface area contributed by atoms with Crippen LogP contribution in [0.25, 0.3) is 0 Å². The molecule has 0 saturated carbocycles. The van der Waals surface area contributed by atoms with Crippen LogP contribution in [0.15, 0.2) is 24.3 Å². The van der Waals surface area contributed by atoms with Gasteiger partial charge in [-0.25, -0.2) is 4.39 Å². The van der Waals surface area contributed by atoms with Crippen molar-refractivity contribution in [1.29, 1.82) is 0 Å². The summed E-state index contributed by atoms with van der Waals surface area (Å²) >= 11 is 0. The monoisotopic (exact) mass is 363 g/mol. The van der Waals surface area contributed by atoms with Crippen molar-refractivity contribution in [3.05, 3.63) is 35.6 Å². The van der Waals surface area contributed by atoms with Crippen LogP contribution in [0.5, 0.6) is 0 Å². The molecule has 6 heteroatoms. The van der Waals surface area contributed by atoms with Crippen molar-refractivity contribution in [1.82, 2.24) is 15.1 Å². The maximum absolute atomic E-state index is 13.1. The molecular weight excluding hydrogens is 333 g/mol. The summed E-state index contributed by atoms with van der Waals surface area (Å²) in [5.41, 5.74) is 1.02. The van der Waals surface area contributed by atoms with E-state index in [1.54, 1.807) is 12.1 Å². The number of likely N-dealkylation sites (tertiary alicyclic amines) is 1. The fourth-order valence-electron chi connectivity index (χ4n) is 4.04. The van der Waals surface area contributed by atoms with Crippen molar-refractivity contribution in [2.45, 2.75) is 43.8 Å². The third-order valence-corrected chi connectivity index (χ3v) is 5.93. The molecule has 1 aromatic carbocycles. The van der Waals surface area contributed by atoms with Crippen molar-refractivity contribution < 1.29 is 13.9 Å².